The van der Waals surface area contributed by atoms with Gasteiger partial charge >= 0.3 is 0 Å². The molecule has 6 heteroatoms. The fourth-order valence-corrected chi connectivity index (χ4v) is 1.92. The number of carbonyl (C=O) groups is 1. The van der Waals surface area contributed by atoms with Crippen LogP contribution >= 0.6 is 15.9 Å². The van der Waals surface area contributed by atoms with Crippen LogP contribution in [0.2, 0.25) is 0 Å². The third kappa shape index (κ3) is 6.66. The lowest BCUT2D eigenvalue weighted by Crippen LogP contribution is -2.36. The van der Waals surface area contributed by atoms with E-state index in [1.165, 1.54) is 6.07 Å². The monoisotopic (exact) mass is 332 g/mol. The van der Waals surface area contributed by atoms with Crippen molar-refractivity contribution in [3.63, 3.8) is 0 Å². The molecule has 0 aliphatic rings. The second-order valence-corrected chi connectivity index (χ2v) is 4.92. The SMILES string of the molecule is COCCNCC(=O)NCCc1cc(Br)ccc1F. The van der Waals surface area contributed by atoms with Gasteiger partial charge in [-0.05, 0) is 30.2 Å². The van der Waals surface area contributed by atoms with Crippen LogP contribution in [0.5, 0.6) is 0 Å². The Morgan fingerprint density at radius 1 is 1.42 bits per heavy atom. The third-order valence-electron chi connectivity index (χ3n) is 2.49. The molecular formula is C13H18BrFN2O2. The van der Waals surface area contributed by atoms with Gasteiger partial charge in [0.1, 0.15) is 5.82 Å². The van der Waals surface area contributed by atoms with Crippen LogP contribution in [0.25, 0.3) is 0 Å². The first-order valence-electron chi connectivity index (χ1n) is 6.03. The summed E-state index contributed by atoms with van der Waals surface area (Å²) >= 11 is 3.29. The van der Waals surface area contributed by atoms with Crippen molar-refractivity contribution in [3.05, 3.63) is 34.1 Å². The quantitative estimate of drug-likeness (QED) is 0.709. The van der Waals surface area contributed by atoms with E-state index in [-0.39, 0.29) is 18.3 Å². The number of amides is 1. The summed E-state index contributed by atoms with van der Waals surface area (Å²) in [5.41, 5.74) is 0.585. The zero-order valence-electron chi connectivity index (χ0n) is 10.8. The van der Waals surface area contributed by atoms with Crippen LogP contribution in [0.4, 0.5) is 4.39 Å². The normalized spacial score (nSPS) is 10.5. The van der Waals surface area contributed by atoms with Crippen LogP contribution in [0.15, 0.2) is 22.7 Å². The maximum Gasteiger partial charge on any atom is 0.233 e. The van der Waals surface area contributed by atoms with Gasteiger partial charge in [-0.2, -0.15) is 0 Å². The van der Waals surface area contributed by atoms with Crippen molar-refractivity contribution in [1.29, 1.82) is 0 Å². The highest BCUT2D eigenvalue weighted by Gasteiger charge is 2.04. The molecule has 1 amide bonds. The van der Waals surface area contributed by atoms with Gasteiger partial charge in [-0.3, -0.25) is 4.79 Å². The van der Waals surface area contributed by atoms with Crippen molar-refractivity contribution >= 4 is 21.8 Å². The van der Waals surface area contributed by atoms with Crippen LogP contribution in [0.3, 0.4) is 0 Å². The topological polar surface area (TPSA) is 50.4 Å². The lowest BCUT2D eigenvalue weighted by atomic mass is 10.1. The first-order valence-corrected chi connectivity index (χ1v) is 6.83. The number of ether oxygens (including phenoxy) is 1. The Morgan fingerprint density at radius 2 is 2.21 bits per heavy atom. The number of benzene rings is 1. The molecule has 2 N–H and O–H groups in total. The number of methoxy groups -OCH3 is 1. The molecule has 0 unspecified atom stereocenters. The molecule has 0 radical (unpaired) electrons. The molecule has 0 saturated carbocycles. The second kappa shape index (κ2) is 9.01. The van der Waals surface area contributed by atoms with Crippen molar-refractivity contribution in [2.24, 2.45) is 0 Å². The summed E-state index contributed by atoms with van der Waals surface area (Å²) in [7, 11) is 1.61. The molecule has 0 bridgehead atoms. The molecule has 1 rings (SSSR count). The highest BCUT2D eigenvalue weighted by Crippen LogP contribution is 2.15. The van der Waals surface area contributed by atoms with E-state index < -0.39 is 0 Å². The summed E-state index contributed by atoms with van der Waals surface area (Å²) in [6.07, 6.45) is 0.467. The molecule has 4 nitrogen and oxygen atoms in total. The van der Waals surface area contributed by atoms with Gasteiger partial charge in [0, 0.05) is 24.7 Å². The Kier molecular flexibility index (Phi) is 7.62. The highest BCUT2D eigenvalue weighted by molar-refractivity contribution is 9.10. The molecule has 106 valence electrons. The Morgan fingerprint density at radius 3 is 2.95 bits per heavy atom. The van der Waals surface area contributed by atoms with E-state index in [0.717, 1.165) is 4.47 Å². The van der Waals surface area contributed by atoms with E-state index in [4.69, 9.17) is 4.74 Å². The van der Waals surface area contributed by atoms with Crippen molar-refractivity contribution in [3.8, 4) is 0 Å². The predicted molar refractivity (Wildman–Crippen MR) is 75.6 cm³/mol. The summed E-state index contributed by atoms with van der Waals surface area (Å²) in [6.45, 7) is 1.85. The van der Waals surface area contributed by atoms with Crippen molar-refractivity contribution in [2.45, 2.75) is 6.42 Å². The molecule has 0 aromatic heterocycles. The van der Waals surface area contributed by atoms with Gasteiger partial charge in [-0.1, -0.05) is 15.9 Å². The fourth-order valence-electron chi connectivity index (χ4n) is 1.51. The lowest BCUT2D eigenvalue weighted by molar-refractivity contribution is -0.120. The van der Waals surface area contributed by atoms with E-state index in [2.05, 4.69) is 26.6 Å². The van der Waals surface area contributed by atoms with Crippen LogP contribution in [-0.4, -0.2) is 39.3 Å². The molecule has 0 spiro atoms. The van der Waals surface area contributed by atoms with Crippen molar-refractivity contribution < 1.29 is 13.9 Å². The van der Waals surface area contributed by atoms with Gasteiger partial charge in [0.15, 0.2) is 0 Å². The first-order chi connectivity index (χ1) is 9.13. The lowest BCUT2D eigenvalue weighted by Gasteiger charge is -2.07. The van der Waals surface area contributed by atoms with E-state index in [9.17, 15) is 9.18 Å². The largest absolute Gasteiger partial charge is 0.383 e. The molecule has 1 aromatic carbocycles. The van der Waals surface area contributed by atoms with E-state index in [1.54, 1.807) is 19.2 Å². The maximum absolute atomic E-state index is 13.4. The standard InChI is InChI=1S/C13H18BrFN2O2/c1-19-7-6-16-9-13(18)17-5-4-10-8-11(14)2-3-12(10)15/h2-3,8,16H,4-7,9H2,1H3,(H,17,18). The number of rotatable bonds is 8. The highest BCUT2D eigenvalue weighted by atomic mass is 79.9. The fraction of sp³-hybridized carbons (Fsp3) is 0.462. The summed E-state index contributed by atoms with van der Waals surface area (Å²) < 4.78 is 19.1. The smallest absolute Gasteiger partial charge is 0.233 e. The Labute approximate surface area is 120 Å². The number of hydrogen-bond acceptors (Lipinski definition) is 3. The predicted octanol–water partition coefficient (Wildman–Crippen LogP) is 1.48. The minimum absolute atomic E-state index is 0.105. The molecule has 0 heterocycles. The van der Waals surface area contributed by atoms with Gasteiger partial charge in [0.05, 0.1) is 13.2 Å². The summed E-state index contributed by atoms with van der Waals surface area (Å²) in [6, 6.07) is 4.78. The van der Waals surface area contributed by atoms with E-state index >= 15 is 0 Å². The molecule has 1 aromatic rings. The van der Waals surface area contributed by atoms with E-state index in [1.807, 2.05) is 0 Å². The maximum atomic E-state index is 13.4. The summed E-state index contributed by atoms with van der Waals surface area (Å²) in [5.74, 6) is -0.359. The molecule has 0 saturated heterocycles. The van der Waals surface area contributed by atoms with Crippen LogP contribution in [0.1, 0.15) is 5.56 Å². The minimum atomic E-state index is -0.254. The Bertz CT molecular complexity index is 416. The minimum Gasteiger partial charge on any atom is -0.383 e. The third-order valence-corrected chi connectivity index (χ3v) is 2.99. The molecule has 0 aliphatic carbocycles. The second-order valence-electron chi connectivity index (χ2n) is 4.01. The Hall–Kier alpha value is -0.980. The van der Waals surface area contributed by atoms with Gasteiger partial charge in [-0.15, -0.1) is 0 Å². The van der Waals surface area contributed by atoms with Crippen molar-refractivity contribution in [2.75, 3.05) is 33.4 Å². The van der Waals surface area contributed by atoms with Crippen LogP contribution in [0, 0.1) is 5.82 Å². The summed E-state index contributed by atoms with van der Waals surface area (Å²) in [4.78, 5) is 11.4. The zero-order chi connectivity index (χ0) is 14.1. The molecule has 0 fully saturated rings. The summed E-state index contributed by atoms with van der Waals surface area (Å²) in [5, 5.41) is 5.67. The number of carbonyl (C=O) groups excluding carboxylic acids is 1. The van der Waals surface area contributed by atoms with E-state index in [0.29, 0.717) is 31.7 Å². The number of nitrogens with one attached hydrogen (secondary N) is 2. The zero-order valence-corrected chi connectivity index (χ0v) is 12.4. The Balaban J connectivity index is 2.22. The number of hydrogen-bond donors (Lipinski definition) is 2. The average Bonchev–Trinajstić information content (AvgIpc) is 2.39. The van der Waals surface area contributed by atoms with Crippen molar-refractivity contribution in [1.82, 2.24) is 10.6 Å². The van der Waals surface area contributed by atoms with Crippen LogP contribution < -0.4 is 10.6 Å². The first kappa shape index (κ1) is 16.1. The van der Waals surface area contributed by atoms with Gasteiger partial charge in [-0.25, -0.2) is 4.39 Å². The molecule has 0 aliphatic heterocycles. The van der Waals surface area contributed by atoms with Gasteiger partial charge < -0.3 is 15.4 Å². The van der Waals surface area contributed by atoms with Crippen LogP contribution in [-0.2, 0) is 16.0 Å². The van der Waals surface area contributed by atoms with Gasteiger partial charge in [0.2, 0.25) is 5.91 Å². The molecule has 19 heavy (non-hydrogen) atoms. The van der Waals surface area contributed by atoms with Gasteiger partial charge in [0.25, 0.3) is 0 Å². The molecule has 0 atom stereocenters. The number of halogens is 2. The molecular weight excluding hydrogens is 315 g/mol. The average molecular weight is 333 g/mol.